The van der Waals surface area contributed by atoms with Gasteiger partial charge in [0, 0.05) is 24.7 Å². The Kier molecular flexibility index (Phi) is 5.68. The van der Waals surface area contributed by atoms with E-state index in [1.807, 2.05) is 42.2 Å². The summed E-state index contributed by atoms with van der Waals surface area (Å²) in [5.41, 5.74) is 6.77. The monoisotopic (exact) mass is 356 g/mol. The fourth-order valence-electron chi connectivity index (χ4n) is 3.18. The van der Waals surface area contributed by atoms with Gasteiger partial charge < -0.3 is 15.5 Å². The van der Waals surface area contributed by atoms with Crippen LogP contribution in [0.5, 0.6) is 0 Å². The molecule has 3 N–H and O–H groups in total. The van der Waals surface area contributed by atoms with E-state index in [2.05, 4.69) is 10.3 Å². The number of piperidine rings is 1. The second-order valence-electron chi connectivity index (χ2n) is 6.65. The quantitative estimate of drug-likeness (QED) is 0.811. The van der Waals surface area contributed by atoms with Crippen LogP contribution in [0.4, 0.5) is 0 Å². The molecule has 1 saturated heterocycles. The zero-order valence-electron chi connectivity index (χ0n) is 14.9. The molecule has 1 aromatic heterocycles. The van der Waals surface area contributed by atoms with E-state index in [0.29, 0.717) is 17.3 Å². The van der Waals surface area contributed by atoms with Gasteiger partial charge in [0.25, 0.3) is 0 Å². The Bertz CT molecular complexity index is 764. The summed E-state index contributed by atoms with van der Waals surface area (Å²) in [4.78, 5) is 29.8. The number of nitrogens with one attached hydrogen (secondary N) is 1. The van der Waals surface area contributed by atoms with E-state index >= 15 is 0 Å². The predicted molar refractivity (Wildman–Crippen MR) is 97.2 cm³/mol. The van der Waals surface area contributed by atoms with Crippen molar-refractivity contribution in [3.63, 3.8) is 0 Å². The Hall–Kier alpha value is -2.67. The molecule has 0 bridgehead atoms. The molecule has 1 aliphatic heterocycles. The third-order valence-electron chi connectivity index (χ3n) is 4.57. The SMILES string of the molecule is Cc1oc(-c2ccccc2)nc1CC(=O)NC1CCN(CC(N)=O)CC1. The number of nitrogens with zero attached hydrogens (tertiary/aromatic N) is 2. The van der Waals surface area contributed by atoms with Gasteiger partial charge in [-0.05, 0) is 31.9 Å². The summed E-state index contributed by atoms with van der Waals surface area (Å²) >= 11 is 0. The molecule has 2 amide bonds. The molecule has 1 fully saturated rings. The molecule has 138 valence electrons. The number of primary amides is 1. The lowest BCUT2D eigenvalue weighted by molar-refractivity contribution is -0.122. The van der Waals surface area contributed by atoms with Crippen molar-refractivity contribution in [2.45, 2.75) is 32.2 Å². The Morgan fingerprint density at radius 2 is 1.96 bits per heavy atom. The number of aryl methyl sites for hydroxylation is 1. The van der Waals surface area contributed by atoms with Crippen LogP contribution in [-0.2, 0) is 16.0 Å². The van der Waals surface area contributed by atoms with E-state index in [1.165, 1.54) is 0 Å². The average molecular weight is 356 g/mol. The van der Waals surface area contributed by atoms with Gasteiger partial charge in [0.15, 0.2) is 0 Å². The van der Waals surface area contributed by atoms with Crippen LogP contribution >= 0.6 is 0 Å². The van der Waals surface area contributed by atoms with Crippen molar-refractivity contribution in [3.8, 4) is 11.5 Å². The van der Waals surface area contributed by atoms with Gasteiger partial charge >= 0.3 is 0 Å². The van der Waals surface area contributed by atoms with Crippen molar-refractivity contribution in [2.24, 2.45) is 5.73 Å². The molecule has 0 radical (unpaired) electrons. The topological polar surface area (TPSA) is 101 Å². The Morgan fingerprint density at radius 3 is 2.62 bits per heavy atom. The van der Waals surface area contributed by atoms with Crippen LogP contribution in [0.3, 0.4) is 0 Å². The molecular weight excluding hydrogens is 332 g/mol. The molecule has 2 heterocycles. The molecule has 7 heteroatoms. The highest BCUT2D eigenvalue weighted by Crippen LogP contribution is 2.21. The second kappa shape index (κ2) is 8.14. The van der Waals surface area contributed by atoms with E-state index < -0.39 is 0 Å². The van der Waals surface area contributed by atoms with Crippen LogP contribution < -0.4 is 11.1 Å². The molecule has 1 aromatic carbocycles. The average Bonchev–Trinajstić information content (AvgIpc) is 2.97. The van der Waals surface area contributed by atoms with Crippen LogP contribution in [0.2, 0.25) is 0 Å². The third-order valence-corrected chi connectivity index (χ3v) is 4.57. The number of amides is 2. The first-order valence-corrected chi connectivity index (χ1v) is 8.83. The van der Waals surface area contributed by atoms with Crippen LogP contribution in [0.25, 0.3) is 11.5 Å². The number of rotatable bonds is 6. The van der Waals surface area contributed by atoms with Crippen molar-refractivity contribution in [3.05, 3.63) is 41.8 Å². The van der Waals surface area contributed by atoms with Crippen molar-refractivity contribution in [1.82, 2.24) is 15.2 Å². The van der Waals surface area contributed by atoms with Crippen LogP contribution in [0.1, 0.15) is 24.3 Å². The molecule has 0 saturated carbocycles. The first-order valence-electron chi connectivity index (χ1n) is 8.83. The van der Waals surface area contributed by atoms with Crippen molar-refractivity contribution in [2.75, 3.05) is 19.6 Å². The van der Waals surface area contributed by atoms with E-state index in [1.54, 1.807) is 0 Å². The standard InChI is InChI=1S/C19H24N4O3/c1-13-16(22-19(26-13)14-5-3-2-4-6-14)11-18(25)21-15-7-9-23(10-8-15)12-17(20)24/h2-6,15H,7-12H2,1H3,(H2,20,24)(H,21,25). The van der Waals surface area contributed by atoms with Crippen LogP contribution in [0, 0.1) is 6.92 Å². The zero-order valence-corrected chi connectivity index (χ0v) is 14.9. The summed E-state index contributed by atoms with van der Waals surface area (Å²) in [5.74, 6) is 0.818. The van der Waals surface area contributed by atoms with Gasteiger partial charge in [-0.1, -0.05) is 18.2 Å². The van der Waals surface area contributed by atoms with E-state index in [0.717, 1.165) is 31.5 Å². The number of benzene rings is 1. The summed E-state index contributed by atoms with van der Waals surface area (Å²) in [6, 6.07) is 9.75. The summed E-state index contributed by atoms with van der Waals surface area (Å²) in [5, 5.41) is 3.05. The maximum absolute atomic E-state index is 12.4. The first-order chi connectivity index (χ1) is 12.5. The molecule has 0 atom stereocenters. The normalized spacial score (nSPS) is 15.7. The molecule has 3 rings (SSSR count). The lowest BCUT2D eigenvalue weighted by atomic mass is 10.0. The zero-order chi connectivity index (χ0) is 18.5. The fraction of sp³-hybridized carbons (Fsp3) is 0.421. The second-order valence-corrected chi connectivity index (χ2v) is 6.65. The summed E-state index contributed by atoms with van der Waals surface area (Å²) in [6.07, 6.45) is 1.82. The lowest BCUT2D eigenvalue weighted by Gasteiger charge is -2.31. The number of oxazole rings is 1. The van der Waals surface area contributed by atoms with Gasteiger partial charge in [-0.25, -0.2) is 4.98 Å². The summed E-state index contributed by atoms with van der Waals surface area (Å²) < 4.78 is 5.70. The minimum Gasteiger partial charge on any atom is -0.441 e. The van der Waals surface area contributed by atoms with Gasteiger partial charge in [0.1, 0.15) is 5.76 Å². The van der Waals surface area contributed by atoms with Gasteiger partial charge in [-0.2, -0.15) is 0 Å². The number of likely N-dealkylation sites (tertiary alicyclic amines) is 1. The fourth-order valence-corrected chi connectivity index (χ4v) is 3.18. The largest absolute Gasteiger partial charge is 0.441 e. The van der Waals surface area contributed by atoms with Gasteiger partial charge in [0.2, 0.25) is 17.7 Å². The smallest absolute Gasteiger partial charge is 0.231 e. The highest BCUT2D eigenvalue weighted by molar-refractivity contribution is 5.79. The number of carbonyl (C=O) groups is 2. The molecule has 0 unspecified atom stereocenters. The molecule has 26 heavy (non-hydrogen) atoms. The maximum Gasteiger partial charge on any atom is 0.231 e. The molecule has 7 nitrogen and oxygen atoms in total. The number of nitrogens with two attached hydrogens (primary N) is 1. The maximum atomic E-state index is 12.4. The number of aromatic nitrogens is 1. The minimum atomic E-state index is -0.316. The molecule has 1 aliphatic rings. The van der Waals surface area contributed by atoms with Gasteiger partial charge in [-0.15, -0.1) is 0 Å². The Balaban J connectivity index is 1.53. The number of hydrogen-bond acceptors (Lipinski definition) is 5. The summed E-state index contributed by atoms with van der Waals surface area (Å²) in [6.45, 7) is 3.62. The highest BCUT2D eigenvalue weighted by atomic mass is 16.4. The summed E-state index contributed by atoms with van der Waals surface area (Å²) in [7, 11) is 0. The Morgan fingerprint density at radius 1 is 1.27 bits per heavy atom. The molecule has 0 spiro atoms. The van der Waals surface area contributed by atoms with Gasteiger partial charge in [-0.3, -0.25) is 14.5 Å². The van der Waals surface area contributed by atoms with Crippen molar-refractivity contribution in [1.29, 1.82) is 0 Å². The Labute approximate surface area is 152 Å². The first kappa shape index (κ1) is 18.1. The molecular formula is C19H24N4O3. The highest BCUT2D eigenvalue weighted by Gasteiger charge is 2.22. The third kappa shape index (κ3) is 4.70. The van der Waals surface area contributed by atoms with E-state index in [9.17, 15) is 9.59 Å². The van der Waals surface area contributed by atoms with Crippen LogP contribution in [-0.4, -0.2) is 47.4 Å². The predicted octanol–water partition coefficient (Wildman–Crippen LogP) is 1.26. The van der Waals surface area contributed by atoms with E-state index in [4.69, 9.17) is 10.2 Å². The lowest BCUT2D eigenvalue weighted by Crippen LogP contribution is -2.47. The van der Waals surface area contributed by atoms with Crippen molar-refractivity contribution < 1.29 is 14.0 Å². The van der Waals surface area contributed by atoms with Crippen molar-refractivity contribution >= 4 is 11.8 Å². The minimum absolute atomic E-state index is 0.0608. The molecule has 2 aromatic rings. The number of hydrogen-bond donors (Lipinski definition) is 2. The van der Waals surface area contributed by atoms with Gasteiger partial charge in [0.05, 0.1) is 18.7 Å². The molecule has 0 aliphatic carbocycles. The van der Waals surface area contributed by atoms with Crippen LogP contribution in [0.15, 0.2) is 34.7 Å². The van der Waals surface area contributed by atoms with E-state index in [-0.39, 0.29) is 30.8 Å². The number of carbonyl (C=O) groups excluding carboxylic acids is 2.